The molecule has 1 unspecified atom stereocenters. The van der Waals surface area contributed by atoms with Crippen molar-refractivity contribution in [2.75, 3.05) is 0 Å². The molecule has 1 aromatic rings. The number of nitrogens with two attached hydrogens (primary N) is 1. The van der Waals surface area contributed by atoms with Crippen molar-refractivity contribution in [3.63, 3.8) is 0 Å². The molecule has 2 heteroatoms. The molecule has 0 saturated heterocycles. The second-order valence-electron chi connectivity index (χ2n) is 4.24. The van der Waals surface area contributed by atoms with Crippen LogP contribution in [0.25, 0.3) is 0 Å². The zero-order valence-corrected chi connectivity index (χ0v) is 9.05. The fourth-order valence-corrected chi connectivity index (χ4v) is 1.69. The highest BCUT2D eigenvalue weighted by atomic mass is 19.1. The average Bonchev–Trinajstić information content (AvgIpc) is 2.01. The van der Waals surface area contributed by atoms with E-state index in [4.69, 9.17) is 5.73 Å². The van der Waals surface area contributed by atoms with Crippen molar-refractivity contribution in [1.82, 2.24) is 0 Å². The summed E-state index contributed by atoms with van der Waals surface area (Å²) in [6.07, 6.45) is 0.937. The van der Waals surface area contributed by atoms with Crippen molar-refractivity contribution in [1.29, 1.82) is 0 Å². The third-order valence-corrected chi connectivity index (χ3v) is 2.36. The highest BCUT2D eigenvalue weighted by Crippen LogP contribution is 2.22. The molecule has 78 valence electrons. The summed E-state index contributed by atoms with van der Waals surface area (Å²) in [6, 6.07) is 4.83. The van der Waals surface area contributed by atoms with Crippen molar-refractivity contribution >= 4 is 0 Å². The van der Waals surface area contributed by atoms with E-state index in [1.807, 2.05) is 6.92 Å². The van der Waals surface area contributed by atoms with Crippen LogP contribution in [0.15, 0.2) is 18.2 Å². The molecule has 14 heavy (non-hydrogen) atoms. The first-order valence-electron chi connectivity index (χ1n) is 5.02. The smallest absolute Gasteiger partial charge is 0.123 e. The van der Waals surface area contributed by atoms with Crippen LogP contribution in [0.5, 0.6) is 0 Å². The lowest BCUT2D eigenvalue weighted by atomic mass is 9.95. The van der Waals surface area contributed by atoms with E-state index in [0.717, 1.165) is 17.5 Å². The van der Waals surface area contributed by atoms with Gasteiger partial charge in [0.2, 0.25) is 0 Å². The van der Waals surface area contributed by atoms with Gasteiger partial charge in [-0.2, -0.15) is 0 Å². The zero-order chi connectivity index (χ0) is 10.7. The van der Waals surface area contributed by atoms with Gasteiger partial charge in [-0.05, 0) is 42.5 Å². The predicted molar refractivity (Wildman–Crippen MR) is 57.5 cm³/mol. The minimum atomic E-state index is -0.192. The summed E-state index contributed by atoms with van der Waals surface area (Å²) < 4.78 is 12.8. The number of halogens is 1. The van der Waals surface area contributed by atoms with Crippen molar-refractivity contribution < 1.29 is 4.39 Å². The summed E-state index contributed by atoms with van der Waals surface area (Å²) in [4.78, 5) is 0. The Hall–Kier alpha value is -0.890. The third-order valence-electron chi connectivity index (χ3n) is 2.36. The van der Waals surface area contributed by atoms with Gasteiger partial charge >= 0.3 is 0 Å². The molecule has 0 spiro atoms. The molecule has 1 rings (SSSR count). The number of hydrogen-bond acceptors (Lipinski definition) is 1. The molecule has 0 aliphatic rings. The van der Waals surface area contributed by atoms with Gasteiger partial charge in [-0.3, -0.25) is 0 Å². The highest BCUT2D eigenvalue weighted by molar-refractivity contribution is 5.29. The van der Waals surface area contributed by atoms with Crippen LogP contribution >= 0.6 is 0 Å². The first kappa shape index (κ1) is 11.2. The van der Waals surface area contributed by atoms with Crippen LogP contribution in [0.2, 0.25) is 0 Å². The molecule has 0 bridgehead atoms. The molecule has 2 N–H and O–H groups in total. The Balaban J connectivity index is 2.84. The Morgan fingerprint density at radius 3 is 2.50 bits per heavy atom. The quantitative estimate of drug-likeness (QED) is 0.787. The van der Waals surface area contributed by atoms with Gasteiger partial charge in [-0.15, -0.1) is 0 Å². The zero-order valence-electron chi connectivity index (χ0n) is 9.05. The van der Waals surface area contributed by atoms with E-state index in [1.165, 1.54) is 12.1 Å². The Morgan fingerprint density at radius 2 is 2.00 bits per heavy atom. The van der Waals surface area contributed by atoms with Crippen LogP contribution in [0.3, 0.4) is 0 Å². The predicted octanol–water partition coefficient (Wildman–Crippen LogP) is 3.18. The molecule has 1 aromatic carbocycles. The maximum atomic E-state index is 12.8. The Bertz CT molecular complexity index is 307. The molecule has 0 heterocycles. The van der Waals surface area contributed by atoms with Gasteiger partial charge < -0.3 is 5.73 Å². The second kappa shape index (κ2) is 4.56. The number of aryl methyl sites for hydroxylation is 1. The summed E-state index contributed by atoms with van der Waals surface area (Å²) in [6.45, 7) is 6.18. The highest BCUT2D eigenvalue weighted by Gasteiger charge is 2.10. The van der Waals surface area contributed by atoms with E-state index in [-0.39, 0.29) is 11.9 Å². The van der Waals surface area contributed by atoms with Crippen molar-refractivity contribution in [3.05, 3.63) is 35.1 Å². The van der Waals surface area contributed by atoms with E-state index in [1.54, 1.807) is 6.07 Å². The molecule has 1 atom stereocenters. The van der Waals surface area contributed by atoms with Gasteiger partial charge in [-0.25, -0.2) is 4.39 Å². The molecule has 0 fully saturated rings. The topological polar surface area (TPSA) is 26.0 Å². The van der Waals surface area contributed by atoms with E-state index >= 15 is 0 Å². The van der Waals surface area contributed by atoms with Gasteiger partial charge in [0, 0.05) is 6.04 Å². The van der Waals surface area contributed by atoms with Gasteiger partial charge in [0.25, 0.3) is 0 Å². The van der Waals surface area contributed by atoms with Gasteiger partial charge in [0.05, 0.1) is 0 Å². The van der Waals surface area contributed by atoms with Crippen LogP contribution in [-0.4, -0.2) is 0 Å². The molecular weight excluding hydrogens is 177 g/mol. The van der Waals surface area contributed by atoms with E-state index in [2.05, 4.69) is 13.8 Å². The minimum absolute atomic E-state index is 0.0237. The fraction of sp³-hybridized carbons (Fsp3) is 0.500. The largest absolute Gasteiger partial charge is 0.324 e. The average molecular weight is 195 g/mol. The van der Waals surface area contributed by atoms with Crippen LogP contribution in [0.1, 0.15) is 37.4 Å². The fourth-order valence-electron chi connectivity index (χ4n) is 1.69. The molecule has 0 aliphatic heterocycles. The van der Waals surface area contributed by atoms with E-state index < -0.39 is 0 Å². The first-order chi connectivity index (χ1) is 6.50. The third kappa shape index (κ3) is 2.81. The molecular formula is C12H18FN. The first-order valence-corrected chi connectivity index (χ1v) is 5.02. The van der Waals surface area contributed by atoms with Gasteiger partial charge in [0.1, 0.15) is 5.82 Å². The van der Waals surface area contributed by atoms with Crippen LogP contribution in [0, 0.1) is 18.7 Å². The summed E-state index contributed by atoms with van der Waals surface area (Å²) in [7, 11) is 0. The minimum Gasteiger partial charge on any atom is -0.324 e. The van der Waals surface area contributed by atoms with Crippen molar-refractivity contribution in [2.24, 2.45) is 11.7 Å². The lowest BCUT2D eigenvalue weighted by molar-refractivity contribution is 0.507. The molecule has 1 nitrogen and oxygen atoms in total. The second-order valence-corrected chi connectivity index (χ2v) is 4.24. The summed E-state index contributed by atoms with van der Waals surface area (Å²) in [5, 5.41) is 0. The van der Waals surface area contributed by atoms with Gasteiger partial charge in [0.15, 0.2) is 0 Å². The molecule has 0 amide bonds. The van der Waals surface area contributed by atoms with Crippen LogP contribution in [-0.2, 0) is 0 Å². The molecule has 0 saturated carbocycles. The lowest BCUT2D eigenvalue weighted by Gasteiger charge is -2.16. The van der Waals surface area contributed by atoms with Crippen molar-refractivity contribution in [3.8, 4) is 0 Å². The number of hydrogen-bond donors (Lipinski definition) is 1. The summed E-state index contributed by atoms with van der Waals surface area (Å²) >= 11 is 0. The summed E-state index contributed by atoms with van der Waals surface area (Å²) in [5.41, 5.74) is 8.02. The summed E-state index contributed by atoms with van der Waals surface area (Å²) in [5.74, 6) is 0.373. The van der Waals surface area contributed by atoms with Gasteiger partial charge in [-0.1, -0.05) is 19.9 Å². The molecule has 0 aliphatic carbocycles. The maximum Gasteiger partial charge on any atom is 0.123 e. The number of benzene rings is 1. The monoisotopic (exact) mass is 195 g/mol. The standard InChI is InChI=1S/C12H18FN/c1-8(2)6-12(14)11-5-4-10(13)7-9(11)3/h4-5,7-8,12H,6,14H2,1-3H3. The van der Waals surface area contributed by atoms with Crippen LogP contribution < -0.4 is 5.73 Å². The Morgan fingerprint density at radius 1 is 1.36 bits per heavy atom. The number of rotatable bonds is 3. The van der Waals surface area contributed by atoms with Crippen molar-refractivity contribution in [2.45, 2.75) is 33.2 Å². The SMILES string of the molecule is Cc1cc(F)ccc1C(N)CC(C)C. The van der Waals surface area contributed by atoms with E-state index in [0.29, 0.717) is 5.92 Å². The van der Waals surface area contributed by atoms with Crippen LogP contribution in [0.4, 0.5) is 4.39 Å². The maximum absolute atomic E-state index is 12.8. The molecule has 0 radical (unpaired) electrons. The van der Waals surface area contributed by atoms with E-state index in [9.17, 15) is 4.39 Å². The lowest BCUT2D eigenvalue weighted by Crippen LogP contribution is -2.14. The molecule has 0 aromatic heterocycles. The normalized spacial score (nSPS) is 13.3. The Labute approximate surface area is 85.1 Å². The Kier molecular flexibility index (Phi) is 3.64.